The first-order chi connectivity index (χ1) is 9.56. The molecule has 0 saturated heterocycles. The minimum absolute atomic E-state index is 0.0287. The number of hydrogen-bond donors (Lipinski definition) is 1. The largest absolute Gasteiger partial charge is 0.307 e. The molecule has 20 heavy (non-hydrogen) atoms. The molecule has 0 bridgehead atoms. The summed E-state index contributed by atoms with van der Waals surface area (Å²) in [5.74, 6) is 0.0287. The molecule has 1 rings (SSSR count). The van der Waals surface area contributed by atoms with Crippen LogP contribution in [0.2, 0.25) is 0 Å². The maximum atomic E-state index is 11.3. The zero-order valence-electron chi connectivity index (χ0n) is 13.4. The first-order valence-electron chi connectivity index (χ1n) is 7.88. The van der Waals surface area contributed by atoms with E-state index in [1.807, 2.05) is 6.21 Å². The third-order valence-electron chi connectivity index (χ3n) is 4.26. The summed E-state index contributed by atoms with van der Waals surface area (Å²) in [5.41, 5.74) is 0. The van der Waals surface area contributed by atoms with Gasteiger partial charge in [0.15, 0.2) is 6.17 Å². The van der Waals surface area contributed by atoms with Crippen molar-refractivity contribution in [2.24, 2.45) is 4.99 Å². The predicted octanol–water partition coefficient (Wildman–Crippen LogP) is 2.85. The van der Waals surface area contributed by atoms with Gasteiger partial charge >= 0.3 is 0 Å². The number of quaternary nitrogens is 1. The van der Waals surface area contributed by atoms with Crippen molar-refractivity contribution in [2.75, 3.05) is 13.1 Å². The molecule has 0 aromatic carbocycles. The summed E-state index contributed by atoms with van der Waals surface area (Å²) in [6, 6.07) is 0. The lowest BCUT2D eigenvalue weighted by atomic mass is 10.2. The summed E-state index contributed by atoms with van der Waals surface area (Å²) in [7, 11) is 0. The fourth-order valence-corrected chi connectivity index (χ4v) is 2.90. The van der Waals surface area contributed by atoms with Gasteiger partial charge in [0.25, 0.3) is 0 Å². The number of aliphatic imine (C=N–C) groups is 1. The summed E-state index contributed by atoms with van der Waals surface area (Å²) in [6.07, 6.45) is 11.6. The van der Waals surface area contributed by atoms with Crippen LogP contribution in [0.4, 0.5) is 0 Å². The van der Waals surface area contributed by atoms with Gasteiger partial charge in [-0.15, -0.1) is 0 Å². The van der Waals surface area contributed by atoms with Gasteiger partial charge in [-0.3, -0.25) is 9.28 Å². The molecule has 3 unspecified atom stereocenters. The molecule has 1 heterocycles. The Bertz CT molecular complexity index is 365. The quantitative estimate of drug-likeness (QED) is 0.414. The molecule has 114 valence electrons. The van der Waals surface area contributed by atoms with Gasteiger partial charge in [-0.2, -0.15) is 0 Å². The molecule has 4 nitrogen and oxygen atoms in total. The van der Waals surface area contributed by atoms with E-state index >= 15 is 0 Å². The van der Waals surface area contributed by atoms with Gasteiger partial charge in [-0.25, -0.2) is 4.99 Å². The highest BCUT2D eigenvalue weighted by atomic mass is 16.1. The Kier molecular flexibility index (Phi) is 6.93. The number of unbranched alkanes of at least 4 members (excludes halogenated alkanes) is 3. The first kappa shape index (κ1) is 16.9. The summed E-state index contributed by atoms with van der Waals surface area (Å²) in [6.45, 7) is 9.91. The molecular formula is C16H30N3O+. The highest BCUT2D eigenvalue weighted by Gasteiger charge is 2.41. The van der Waals surface area contributed by atoms with Gasteiger partial charge in [0, 0.05) is 13.8 Å². The number of amides is 1. The van der Waals surface area contributed by atoms with Crippen LogP contribution in [-0.4, -0.2) is 42.0 Å². The lowest BCUT2D eigenvalue weighted by Gasteiger charge is -2.41. The number of likely N-dealkylation sites (N-methyl/N-ethyl adjacent to an activating group) is 1. The normalized spacial score (nSPS) is 27.1. The average Bonchev–Trinajstić information content (AvgIpc) is 2.82. The van der Waals surface area contributed by atoms with Crippen molar-refractivity contribution in [1.29, 1.82) is 0 Å². The number of carbonyl (C=O) groups excluding carboxylic acids is 1. The van der Waals surface area contributed by atoms with Gasteiger partial charge in [-0.05, 0) is 25.8 Å². The number of allylic oxidation sites excluding steroid dienone is 1. The smallest absolute Gasteiger partial charge is 0.221 e. The first-order valence-corrected chi connectivity index (χ1v) is 7.88. The Morgan fingerprint density at radius 1 is 1.50 bits per heavy atom. The van der Waals surface area contributed by atoms with Crippen LogP contribution >= 0.6 is 0 Å². The molecular weight excluding hydrogens is 250 g/mol. The Morgan fingerprint density at radius 2 is 2.25 bits per heavy atom. The second-order valence-corrected chi connectivity index (χ2v) is 5.65. The van der Waals surface area contributed by atoms with E-state index in [4.69, 9.17) is 0 Å². The van der Waals surface area contributed by atoms with E-state index in [1.165, 1.54) is 19.3 Å². The molecule has 1 N–H and O–H groups in total. The van der Waals surface area contributed by atoms with Gasteiger partial charge < -0.3 is 5.32 Å². The van der Waals surface area contributed by atoms with E-state index in [1.54, 1.807) is 6.92 Å². The van der Waals surface area contributed by atoms with Crippen molar-refractivity contribution >= 4 is 12.1 Å². The standard InChI is InChI=1S/C16H29N3O/c1-5-7-8-9-10-11-16-17-12-13-19(16,6-2)14(3)18-15(4)20/h10-12,14,16H,5-9,13H2,1-4H3/p+1/b11-10+. The number of carbonyl (C=O) groups is 1. The van der Waals surface area contributed by atoms with E-state index in [-0.39, 0.29) is 18.2 Å². The molecule has 0 aromatic heterocycles. The van der Waals surface area contributed by atoms with E-state index in [0.29, 0.717) is 0 Å². The van der Waals surface area contributed by atoms with E-state index in [0.717, 1.165) is 24.0 Å². The van der Waals surface area contributed by atoms with E-state index < -0.39 is 0 Å². The molecule has 1 aliphatic rings. The SMILES string of the molecule is CCCCC/C=C/C1N=CC[N+]1(CC)C(C)NC(C)=O. The topological polar surface area (TPSA) is 41.5 Å². The van der Waals surface area contributed by atoms with Crippen LogP contribution in [0.1, 0.15) is 53.4 Å². The maximum absolute atomic E-state index is 11.3. The van der Waals surface area contributed by atoms with Crippen LogP contribution < -0.4 is 5.32 Å². The molecule has 0 saturated carbocycles. The zero-order valence-corrected chi connectivity index (χ0v) is 13.4. The van der Waals surface area contributed by atoms with Gasteiger partial charge in [0.2, 0.25) is 12.1 Å². The monoisotopic (exact) mass is 280 g/mol. The summed E-state index contributed by atoms with van der Waals surface area (Å²) >= 11 is 0. The van der Waals surface area contributed by atoms with E-state index in [9.17, 15) is 4.79 Å². The molecule has 1 amide bonds. The maximum Gasteiger partial charge on any atom is 0.221 e. The molecule has 0 aromatic rings. The Labute approximate surface area is 123 Å². The van der Waals surface area contributed by atoms with Crippen LogP contribution in [0.25, 0.3) is 0 Å². The number of hydrogen-bond acceptors (Lipinski definition) is 2. The van der Waals surface area contributed by atoms with Crippen molar-refractivity contribution in [3.8, 4) is 0 Å². The average molecular weight is 280 g/mol. The molecule has 0 fully saturated rings. The molecule has 0 spiro atoms. The number of rotatable bonds is 8. The second kappa shape index (κ2) is 8.20. The predicted molar refractivity (Wildman–Crippen MR) is 84.5 cm³/mol. The highest BCUT2D eigenvalue weighted by Crippen LogP contribution is 2.24. The van der Waals surface area contributed by atoms with Crippen LogP contribution in [0.3, 0.4) is 0 Å². The second-order valence-electron chi connectivity index (χ2n) is 5.65. The van der Waals surface area contributed by atoms with Gasteiger partial charge in [0.1, 0.15) is 6.54 Å². The van der Waals surface area contributed by atoms with Crippen LogP contribution in [0.5, 0.6) is 0 Å². The van der Waals surface area contributed by atoms with Crippen molar-refractivity contribution in [3.05, 3.63) is 12.2 Å². The molecule has 4 heteroatoms. The van der Waals surface area contributed by atoms with Crippen molar-refractivity contribution in [1.82, 2.24) is 5.32 Å². The van der Waals surface area contributed by atoms with E-state index in [2.05, 4.69) is 43.2 Å². The fourth-order valence-electron chi connectivity index (χ4n) is 2.90. The highest BCUT2D eigenvalue weighted by molar-refractivity contribution is 5.73. The van der Waals surface area contributed by atoms with Crippen LogP contribution in [-0.2, 0) is 4.79 Å². The minimum atomic E-state index is 0.0287. The van der Waals surface area contributed by atoms with Crippen molar-refractivity contribution in [2.45, 2.75) is 65.7 Å². The molecule has 0 radical (unpaired) electrons. The Morgan fingerprint density at radius 3 is 2.85 bits per heavy atom. The van der Waals surface area contributed by atoms with Crippen LogP contribution in [0, 0.1) is 0 Å². The van der Waals surface area contributed by atoms with Crippen molar-refractivity contribution < 1.29 is 9.28 Å². The molecule has 1 aliphatic heterocycles. The minimum Gasteiger partial charge on any atom is -0.307 e. The molecule has 0 aliphatic carbocycles. The van der Waals surface area contributed by atoms with Gasteiger partial charge in [-0.1, -0.05) is 25.8 Å². The molecule has 3 atom stereocenters. The third kappa shape index (κ3) is 4.17. The third-order valence-corrected chi connectivity index (χ3v) is 4.26. The Hall–Kier alpha value is -1.16. The van der Waals surface area contributed by atoms with Gasteiger partial charge in [0.05, 0.1) is 12.8 Å². The van der Waals surface area contributed by atoms with Crippen LogP contribution in [0.15, 0.2) is 17.1 Å². The number of nitrogens with one attached hydrogen (secondary N) is 1. The fraction of sp³-hybridized carbons (Fsp3) is 0.750. The Balaban J connectivity index is 2.67. The summed E-state index contributed by atoms with van der Waals surface area (Å²) in [5, 5.41) is 3.04. The lowest BCUT2D eigenvalue weighted by Crippen LogP contribution is -2.63. The summed E-state index contributed by atoms with van der Waals surface area (Å²) in [4.78, 5) is 15.9. The summed E-state index contributed by atoms with van der Waals surface area (Å²) < 4.78 is 0.795. The lowest BCUT2D eigenvalue weighted by molar-refractivity contribution is -0.953. The zero-order chi connectivity index (χ0) is 15.0. The number of nitrogens with zero attached hydrogens (tertiary/aromatic N) is 2. The van der Waals surface area contributed by atoms with Crippen molar-refractivity contribution in [3.63, 3.8) is 0 Å².